The molecule has 1 saturated heterocycles. The van der Waals surface area contributed by atoms with Crippen LogP contribution in [0.4, 0.5) is 5.82 Å². The monoisotopic (exact) mass is 403 g/mol. The van der Waals surface area contributed by atoms with E-state index in [1.54, 1.807) is 0 Å². The number of anilines is 1. The smallest absolute Gasteiger partial charge is 0.123 e. The van der Waals surface area contributed by atoms with Crippen LogP contribution in [0.5, 0.6) is 0 Å². The molecule has 0 radical (unpaired) electrons. The van der Waals surface area contributed by atoms with E-state index in [4.69, 9.17) is 17.3 Å². The Morgan fingerprint density at radius 1 is 1.00 bits per heavy atom. The number of hydrogen-bond acceptors (Lipinski definition) is 4. The van der Waals surface area contributed by atoms with Gasteiger partial charge < -0.3 is 15.6 Å². The number of nitrogens with zero attached hydrogens (tertiary/aromatic N) is 3. The summed E-state index contributed by atoms with van der Waals surface area (Å²) in [5.41, 5.74) is 11.6. The Labute approximate surface area is 174 Å². The van der Waals surface area contributed by atoms with Crippen molar-refractivity contribution in [3.05, 3.63) is 71.6 Å². The van der Waals surface area contributed by atoms with Crippen LogP contribution < -0.4 is 11.1 Å². The molecule has 4 aromatic rings. The summed E-state index contributed by atoms with van der Waals surface area (Å²) in [7, 11) is 0. The molecule has 3 aromatic heterocycles. The highest BCUT2D eigenvalue weighted by molar-refractivity contribution is 6.30. The second-order valence-electron chi connectivity index (χ2n) is 7.46. The lowest BCUT2D eigenvalue weighted by molar-refractivity contribution is 0.463. The van der Waals surface area contributed by atoms with Gasteiger partial charge in [-0.1, -0.05) is 11.6 Å². The molecule has 0 unspecified atom stereocenters. The van der Waals surface area contributed by atoms with Crippen LogP contribution >= 0.6 is 11.6 Å². The SMILES string of the molecule is Nc1ccc(-c2c(C3CCNCC3)c3ccncc3n2-c2ccc(Cl)cc2)cn1. The second kappa shape index (κ2) is 7.50. The van der Waals surface area contributed by atoms with Gasteiger partial charge in [-0.25, -0.2) is 4.98 Å². The molecular weight excluding hydrogens is 382 g/mol. The summed E-state index contributed by atoms with van der Waals surface area (Å²) in [6.07, 6.45) is 7.91. The molecule has 4 heterocycles. The van der Waals surface area contributed by atoms with Crippen LogP contribution in [-0.2, 0) is 0 Å². The van der Waals surface area contributed by atoms with E-state index in [1.165, 1.54) is 10.9 Å². The average molecular weight is 404 g/mol. The van der Waals surface area contributed by atoms with E-state index in [1.807, 2.05) is 36.8 Å². The van der Waals surface area contributed by atoms with Gasteiger partial charge >= 0.3 is 0 Å². The van der Waals surface area contributed by atoms with Crippen molar-refractivity contribution < 1.29 is 0 Å². The van der Waals surface area contributed by atoms with Gasteiger partial charge in [0.15, 0.2) is 0 Å². The van der Waals surface area contributed by atoms with Gasteiger partial charge in [-0.15, -0.1) is 0 Å². The summed E-state index contributed by atoms with van der Waals surface area (Å²) in [5.74, 6) is 0.996. The Morgan fingerprint density at radius 3 is 2.52 bits per heavy atom. The number of pyridine rings is 2. The van der Waals surface area contributed by atoms with Crippen molar-refractivity contribution in [1.82, 2.24) is 19.9 Å². The van der Waals surface area contributed by atoms with Gasteiger partial charge in [-0.2, -0.15) is 0 Å². The highest BCUT2D eigenvalue weighted by atomic mass is 35.5. The number of piperidine rings is 1. The zero-order valence-corrected chi connectivity index (χ0v) is 16.7. The fraction of sp³-hybridized carbons (Fsp3) is 0.217. The highest BCUT2D eigenvalue weighted by Gasteiger charge is 2.27. The molecule has 0 saturated carbocycles. The summed E-state index contributed by atoms with van der Waals surface area (Å²) in [6, 6.07) is 14.0. The summed E-state index contributed by atoms with van der Waals surface area (Å²) in [6.45, 7) is 2.06. The predicted octanol–water partition coefficient (Wildman–Crippen LogP) is 4.79. The first-order valence-corrected chi connectivity index (χ1v) is 10.3. The Balaban J connectivity index is 1.85. The first kappa shape index (κ1) is 18.2. The molecule has 0 spiro atoms. The van der Waals surface area contributed by atoms with Gasteiger partial charge in [0, 0.05) is 34.1 Å². The van der Waals surface area contributed by atoms with Crippen LogP contribution in [-0.4, -0.2) is 27.6 Å². The van der Waals surface area contributed by atoms with Crippen LogP contribution in [0.25, 0.3) is 27.8 Å². The standard InChI is InChI=1S/C23H22ClN5/c24-17-2-4-18(5-3-17)29-20-14-27-12-9-19(20)22(15-7-10-26-11-8-15)23(29)16-1-6-21(25)28-13-16/h1-6,9,12-15,26H,7-8,10-11H2,(H2,25,28). The fourth-order valence-corrected chi connectivity index (χ4v) is 4.50. The largest absolute Gasteiger partial charge is 0.384 e. The minimum absolute atomic E-state index is 0.474. The number of nitrogens with one attached hydrogen (secondary N) is 1. The molecule has 146 valence electrons. The normalized spacial score (nSPS) is 15.1. The van der Waals surface area contributed by atoms with E-state index in [-0.39, 0.29) is 0 Å². The van der Waals surface area contributed by atoms with Crippen LogP contribution in [0.1, 0.15) is 24.3 Å². The van der Waals surface area contributed by atoms with Crippen molar-refractivity contribution in [3.63, 3.8) is 0 Å². The summed E-state index contributed by atoms with van der Waals surface area (Å²) in [4.78, 5) is 8.81. The van der Waals surface area contributed by atoms with Crippen molar-refractivity contribution in [3.8, 4) is 16.9 Å². The quantitative estimate of drug-likeness (QED) is 0.516. The molecule has 0 atom stereocenters. The molecule has 6 heteroatoms. The van der Waals surface area contributed by atoms with Crippen molar-refractivity contribution in [2.75, 3.05) is 18.8 Å². The van der Waals surface area contributed by atoms with Crippen molar-refractivity contribution in [2.45, 2.75) is 18.8 Å². The molecule has 1 fully saturated rings. The van der Waals surface area contributed by atoms with E-state index < -0.39 is 0 Å². The molecule has 1 aromatic carbocycles. The second-order valence-corrected chi connectivity index (χ2v) is 7.90. The van der Waals surface area contributed by atoms with Crippen molar-refractivity contribution in [1.29, 1.82) is 0 Å². The minimum Gasteiger partial charge on any atom is -0.384 e. The summed E-state index contributed by atoms with van der Waals surface area (Å²) in [5, 5.41) is 5.45. The number of nitrogens with two attached hydrogens (primary N) is 1. The summed E-state index contributed by atoms with van der Waals surface area (Å²) < 4.78 is 2.28. The van der Waals surface area contributed by atoms with Crippen LogP contribution in [0.3, 0.4) is 0 Å². The van der Waals surface area contributed by atoms with Crippen molar-refractivity contribution in [2.24, 2.45) is 0 Å². The van der Waals surface area contributed by atoms with Crippen LogP contribution in [0.2, 0.25) is 5.02 Å². The number of rotatable bonds is 3. The maximum absolute atomic E-state index is 6.17. The lowest BCUT2D eigenvalue weighted by atomic mass is 9.87. The molecule has 1 aliphatic rings. The predicted molar refractivity (Wildman–Crippen MR) is 119 cm³/mol. The molecule has 5 rings (SSSR count). The highest BCUT2D eigenvalue weighted by Crippen LogP contribution is 2.42. The molecule has 29 heavy (non-hydrogen) atoms. The number of fused-ring (bicyclic) bond motifs is 1. The number of nitrogen functional groups attached to an aromatic ring is 1. The number of halogens is 1. The van der Waals surface area contributed by atoms with E-state index in [0.717, 1.165) is 53.4 Å². The van der Waals surface area contributed by atoms with E-state index in [2.05, 4.69) is 44.1 Å². The van der Waals surface area contributed by atoms with Crippen LogP contribution in [0, 0.1) is 0 Å². The van der Waals surface area contributed by atoms with Gasteiger partial charge in [-0.05, 0) is 79.9 Å². The molecule has 1 aliphatic heterocycles. The molecule has 0 amide bonds. The topological polar surface area (TPSA) is 68.8 Å². The molecule has 5 nitrogen and oxygen atoms in total. The Hall–Kier alpha value is -2.89. The molecular formula is C23H22ClN5. The fourth-order valence-electron chi connectivity index (χ4n) is 4.37. The Bertz CT molecular complexity index is 1140. The van der Waals surface area contributed by atoms with Gasteiger partial charge in [0.25, 0.3) is 0 Å². The molecule has 0 bridgehead atoms. The lowest BCUT2D eigenvalue weighted by Gasteiger charge is -2.24. The maximum atomic E-state index is 6.17. The molecule has 3 N–H and O–H groups in total. The maximum Gasteiger partial charge on any atom is 0.123 e. The average Bonchev–Trinajstić information content (AvgIpc) is 3.11. The Morgan fingerprint density at radius 2 is 1.79 bits per heavy atom. The van der Waals surface area contributed by atoms with Gasteiger partial charge in [0.2, 0.25) is 0 Å². The first-order chi connectivity index (χ1) is 14.2. The number of benzene rings is 1. The van der Waals surface area contributed by atoms with E-state index >= 15 is 0 Å². The third-order valence-corrected chi connectivity index (χ3v) is 5.95. The first-order valence-electron chi connectivity index (χ1n) is 9.89. The van der Waals surface area contributed by atoms with Gasteiger partial charge in [0.05, 0.1) is 17.4 Å². The molecule has 0 aliphatic carbocycles. The van der Waals surface area contributed by atoms with Gasteiger partial charge in [0.1, 0.15) is 5.82 Å². The van der Waals surface area contributed by atoms with E-state index in [9.17, 15) is 0 Å². The van der Waals surface area contributed by atoms with E-state index in [0.29, 0.717) is 11.7 Å². The zero-order chi connectivity index (χ0) is 19.8. The third-order valence-electron chi connectivity index (χ3n) is 5.70. The number of hydrogen-bond donors (Lipinski definition) is 2. The third kappa shape index (κ3) is 3.26. The Kier molecular flexibility index (Phi) is 4.70. The lowest BCUT2D eigenvalue weighted by Crippen LogP contribution is -2.26. The zero-order valence-electron chi connectivity index (χ0n) is 16.0. The van der Waals surface area contributed by atoms with Crippen LogP contribution in [0.15, 0.2) is 61.1 Å². The van der Waals surface area contributed by atoms with Gasteiger partial charge in [-0.3, -0.25) is 4.98 Å². The minimum atomic E-state index is 0.474. The number of aromatic nitrogens is 3. The summed E-state index contributed by atoms with van der Waals surface area (Å²) >= 11 is 6.17. The van der Waals surface area contributed by atoms with Crippen molar-refractivity contribution >= 4 is 28.3 Å².